The van der Waals surface area contributed by atoms with E-state index in [0.29, 0.717) is 21.8 Å². The van der Waals surface area contributed by atoms with Crippen LogP contribution in [0.3, 0.4) is 0 Å². The Morgan fingerprint density at radius 3 is 2.00 bits per heavy atom. The molecule has 0 fully saturated rings. The van der Waals surface area contributed by atoms with E-state index in [1.807, 2.05) is 0 Å². The Balaban J connectivity index is 2.16. The summed E-state index contributed by atoms with van der Waals surface area (Å²) in [5.41, 5.74) is 0.566. The van der Waals surface area contributed by atoms with Gasteiger partial charge < -0.3 is 5.32 Å². The van der Waals surface area contributed by atoms with Crippen LogP contribution in [0.5, 0.6) is 0 Å². The maximum absolute atomic E-state index is 13.4. The van der Waals surface area contributed by atoms with Gasteiger partial charge in [-0.25, -0.2) is 13.2 Å². The van der Waals surface area contributed by atoms with Crippen LogP contribution in [0, 0.1) is 17.5 Å². The molecule has 0 bridgehead atoms. The smallest absolute Gasteiger partial charge is 0.161 e. The summed E-state index contributed by atoms with van der Waals surface area (Å²) in [6.45, 7) is -0.0142. The Morgan fingerprint density at radius 2 is 1.37 bits per heavy atom. The lowest BCUT2D eigenvalue weighted by Gasteiger charge is -2.09. The molecule has 0 aliphatic heterocycles. The van der Waals surface area contributed by atoms with Gasteiger partial charge in [0.2, 0.25) is 0 Å². The summed E-state index contributed by atoms with van der Waals surface area (Å²) < 4.78 is 39.2. The molecule has 0 radical (unpaired) electrons. The third-order valence-electron chi connectivity index (χ3n) is 2.43. The molecule has 100 valence electrons. The zero-order chi connectivity index (χ0) is 14.0. The van der Waals surface area contributed by atoms with E-state index < -0.39 is 17.5 Å². The quantitative estimate of drug-likeness (QED) is 0.785. The molecule has 0 unspecified atom stereocenters. The average Bonchev–Trinajstić information content (AvgIpc) is 2.31. The highest BCUT2D eigenvalue weighted by molar-refractivity contribution is 6.35. The van der Waals surface area contributed by atoms with Crippen LogP contribution in [0.1, 0.15) is 5.56 Å². The molecule has 1 N–H and O–H groups in total. The fraction of sp³-hybridized carbons (Fsp3) is 0.0769. The first-order valence-corrected chi connectivity index (χ1v) is 6.04. The molecule has 0 aromatic heterocycles. The maximum atomic E-state index is 13.4. The van der Waals surface area contributed by atoms with Gasteiger partial charge in [-0.05, 0) is 24.3 Å². The summed E-state index contributed by atoms with van der Waals surface area (Å²) in [7, 11) is 0. The fourth-order valence-corrected chi connectivity index (χ4v) is 2.08. The summed E-state index contributed by atoms with van der Waals surface area (Å²) in [6.07, 6.45) is 0. The molecule has 0 saturated heterocycles. The lowest BCUT2D eigenvalue weighted by Crippen LogP contribution is -2.03. The van der Waals surface area contributed by atoms with Gasteiger partial charge in [0.15, 0.2) is 11.6 Å². The van der Waals surface area contributed by atoms with Crippen molar-refractivity contribution in [2.24, 2.45) is 0 Å². The second kappa shape index (κ2) is 5.72. The normalized spacial score (nSPS) is 10.6. The number of hydrogen-bond donors (Lipinski definition) is 1. The predicted molar refractivity (Wildman–Crippen MR) is 70.1 cm³/mol. The van der Waals surface area contributed by atoms with Crippen LogP contribution in [0.4, 0.5) is 18.9 Å². The Morgan fingerprint density at radius 1 is 0.789 bits per heavy atom. The van der Waals surface area contributed by atoms with Gasteiger partial charge in [0.05, 0.1) is 0 Å². The highest BCUT2D eigenvalue weighted by Gasteiger charge is 2.09. The summed E-state index contributed by atoms with van der Waals surface area (Å²) in [5, 5.41) is 3.67. The number of anilines is 1. The van der Waals surface area contributed by atoms with Gasteiger partial charge in [0, 0.05) is 33.9 Å². The van der Waals surface area contributed by atoms with Gasteiger partial charge in [0.25, 0.3) is 0 Å². The van der Waals surface area contributed by atoms with Crippen LogP contribution in [0.25, 0.3) is 0 Å². The topological polar surface area (TPSA) is 12.0 Å². The molecule has 0 heterocycles. The third kappa shape index (κ3) is 3.55. The van der Waals surface area contributed by atoms with E-state index in [4.69, 9.17) is 23.2 Å². The van der Waals surface area contributed by atoms with E-state index in [-0.39, 0.29) is 12.1 Å². The summed E-state index contributed by atoms with van der Waals surface area (Å²) in [6, 6.07) is 6.05. The number of rotatable bonds is 3. The predicted octanol–water partition coefficient (Wildman–Crippen LogP) is 5.02. The molecule has 19 heavy (non-hydrogen) atoms. The first-order valence-electron chi connectivity index (χ1n) is 5.29. The molecule has 0 atom stereocenters. The molecule has 0 spiro atoms. The molecule has 0 aliphatic rings. The average molecular weight is 306 g/mol. The molecular weight excluding hydrogens is 298 g/mol. The first-order chi connectivity index (χ1) is 8.95. The molecule has 0 saturated carbocycles. The zero-order valence-corrected chi connectivity index (χ0v) is 11.0. The van der Waals surface area contributed by atoms with Gasteiger partial charge in [0.1, 0.15) is 5.82 Å². The highest BCUT2D eigenvalue weighted by atomic mass is 35.5. The summed E-state index contributed by atoms with van der Waals surface area (Å²) in [4.78, 5) is 0. The van der Waals surface area contributed by atoms with Gasteiger partial charge in [-0.15, -0.1) is 0 Å². The van der Waals surface area contributed by atoms with Crippen LogP contribution in [0.15, 0.2) is 30.3 Å². The summed E-state index contributed by atoms with van der Waals surface area (Å²) in [5.74, 6) is -3.13. The first kappa shape index (κ1) is 14.0. The number of benzene rings is 2. The third-order valence-corrected chi connectivity index (χ3v) is 2.87. The van der Waals surface area contributed by atoms with Crippen LogP contribution in [-0.2, 0) is 6.54 Å². The van der Waals surface area contributed by atoms with Crippen LogP contribution in [0.2, 0.25) is 10.0 Å². The van der Waals surface area contributed by atoms with Crippen molar-refractivity contribution in [3.05, 3.63) is 63.4 Å². The van der Waals surface area contributed by atoms with Gasteiger partial charge in [-0.2, -0.15) is 0 Å². The molecule has 2 aromatic rings. The van der Waals surface area contributed by atoms with E-state index in [1.165, 1.54) is 0 Å². The highest BCUT2D eigenvalue weighted by Crippen LogP contribution is 2.23. The van der Waals surface area contributed by atoms with Gasteiger partial charge in [-0.1, -0.05) is 23.2 Å². The van der Waals surface area contributed by atoms with Crippen molar-refractivity contribution in [3.63, 3.8) is 0 Å². The van der Waals surface area contributed by atoms with Crippen molar-refractivity contribution in [2.75, 3.05) is 5.32 Å². The number of halogens is 5. The fourth-order valence-electron chi connectivity index (χ4n) is 1.55. The van der Waals surface area contributed by atoms with E-state index >= 15 is 0 Å². The Hall–Kier alpha value is -1.39. The van der Waals surface area contributed by atoms with Crippen LogP contribution < -0.4 is 5.32 Å². The SMILES string of the molecule is Fc1cc(F)c(CNc2cc(Cl)cc(Cl)c2)cc1F. The Labute approximate surface area is 118 Å². The van der Waals surface area contributed by atoms with Crippen molar-refractivity contribution in [2.45, 2.75) is 6.54 Å². The molecular formula is C13H8Cl2F3N. The van der Waals surface area contributed by atoms with Crippen LogP contribution in [-0.4, -0.2) is 0 Å². The molecule has 2 aromatic carbocycles. The van der Waals surface area contributed by atoms with Crippen molar-refractivity contribution < 1.29 is 13.2 Å². The van der Waals surface area contributed by atoms with E-state index in [9.17, 15) is 13.2 Å². The van der Waals surface area contributed by atoms with Gasteiger partial charge in [-0.3, -0.25) is 0 Å². The zero-order valence-electron chi connectivity index (χ0n) is 9.48. The van der Waals surface area contributed by atoms with E-state index in [2.05, 4.69) is 5.32 Å². The Kier molecular flexibility index (Phi) is 4.22. The molecule has 0 aliphatic carbocycles. The van der Waals surface area contributed by atoms with Gasteiger partial charge >= 0.3 is 0 Å². The lowest BCUT2D eigenvalue weighted by atomic mass is 10.2. The largest absolute Gasteiger partial charge is 0.381 e. The molecule has 6 heteroatoms. The second-order valence-corrected chi connectivity index (χ2v) is 4.74. The number of hydrogen-bond acceptors (Lipinski definition) is 1. The van der Waals surface area contributed by atoms with Crippen LogP contribution >= 0.6 is 23.2 Å². The Bertz CT molecular complexity index is 597. The molecule has 2 rings (SSSR count). The monoisotopic (exact) mass is 305 g/mol. The van der Waals surface area contributed by atoms with Crippen molar-refractivity contribution in [3.8, 4) is 0 Å². The lowest BCUT2D eigenvalue weighted by molar-refractivity contribution is 0.490. The minimum absolute atomic E-state index is 0.00926. The van der Waals surface area contributed by atoms with Crippen molar-refractivity contribution in [1.82, 2.24) is 0 Å². The standard InChI is InChI=1S/C13H8Cl2F3N/c14-8-2-9(15)4-10(3-8)19-6-7-1-12(17)13(18)5-11(7)16/h1-5,19H,6H2. The minimum Gasteiger partial charge on any atom is -0.381 e. The molecule has 1 nitrogen and oxygen atoms in total. The van der Waals surface area contributed by atoms with Crippen molar-refractivity contribution >= 4 is 28.9 Å². The van der Waals surface area contributed by atoms with E-state index in [0.717, 1.165) is 6.07 Å². The second-order valence-electron chi connectivity index (χ2n) is 3.87. The van der Waals surface area contributed by atoms with Crippen molar-refractivity contribution in [1.29, 1.82) is 0 Å². The summed E-state index contributed by atoms with van der Waals surface area (Å²) >= 11 is 11.6. The maximum Gasteiger partial charge on any atom is 0.161 e. The molecule has 0 amide bonds. The minimum atomic E-state index is -1.22. The van der Waals surface area contributed by atoms with E-state index in [1.54, 1.807) is 18.2 Å². The number of nitrogens with one attached hydrogen (secondary N) is 1.